The summed E-state index contributed by atoms with van der Waals surface area (Å²) >= 11 is 0. The van der Waals surface area contributed by atoms with Gasteiger partial charge < -0.3 is 4.98 Å². The Morgan fingerprint density at radius 1 is 0.968 bits per heavy atom. The van der Waals surface area contributed by atoms with Crippen molar-refractivity contribution in [1.29, 1.82) is 0 Å². The van der Waals surface area contributed by atoms with Crippen molar-refractivity contribution >= 4 is 11.0 Å². The first-order chi connectivity index (χ1) is 15.1. The van der Waals surface area contributed by atoms with Crippen molar-refractivity contribution < 1.29 is 8.78 Å². The van der Waals surface area contributed by atoms with Crippen LogP contribution < -0.4 is 5.69 Å². The van der Waals surface area contributed by atoms with Crippen LogP contribution in [-0.4, -0.2) is 32.5 Å². The Morgan fingerprint density at radius 3 is 2.48 bits per heavy atom. The normalized spacial score (nSPS) is 15.5. The van der Waals surface area contributed by atoms with Gasteiger partial charge in [0.25, 0.3) is 0 Å². The van der Waals surface area contributed by atoms with Crippen molar-refractivity contribution in [1.82, 2.24) is 19.4 Å². The molecule has 4 aromatic rings. The Kier molecular flexibility index (Phi) is 5.11. The highest BCUT2D eigenvalue weighted by atomic mass is 19.1. The van der Waals surface area contributed by atoms with Gasteiger partial charge in [-0.1, -0.05) is 0 Å². The number of likely N-dealkylation sites (tertiary alicyclic amines) is 1. The van der Waals surface area contributed by atoms with E-state index in [9.17, 15) is 13.6 Å². The van der Waals surface area contributed by atoms with E-state index in [1.165, 1.54) is 24.3 Å². The molecule has 0 spiro atoms. The van der Waals surface area contributed by atoms with Gasteiger partial charge in [0.1, 0.15) is 11.6 Å². The van der Waals surface area contributed by atoms with E-state index in [0.717, 1.165) is 54.8 Å². The highest BCUT2D eigenvalue weighted by Crippen LogP contribution is 2.26. The number of pyridine rings is 1. The third kappa shape index (κ3) is 4.01. The minimum atomic E-state index is -0.354. The molecule has 1 aliphatic heterocycles. The minimum Gasteiger partial charge on any atom is -0.305 e. The molecule has 1 saturated heterocycles. The number of halogens is 2. The first-order valence-electron chi connectivity index (χ1n) is 10.4. The average molecular weight is 420 g/mol. The van der Waals surface area contributed by atoms with E-state index in [2.05, 4.69) is 14.9 Å². The molecule has 31 heavy (non-hydrogen) atoms. The van der Waals surface area contributed by atoms with Crippen LogP contribution in [-0.2, 0) is 6.54 Å². The summed E-state index contributed by atoms with van der Waals surface area (Å²) < 4.78 is 28.4. The summed E-state index contributed by atoms with van der Waals surface area (Å²) in [6.45, 7) is 2.51. The first kappa shape index (κ1) is 19.6. The van der Waals surface area contributed by atoms with E-state index in [4.69, 9.17) is 0 Å². The van der Waals surface area contributed by atoms with Crippen molar-refractivity contribution in [2.24, 2.45) is 0 Å². The van der Waals surface area contributed by atoms with Gasteiger partial charge in [-0.25, -0.2) is 13.6 Å². The number of aromatic amines is 1. The molecule has 0 unspecified atom stereocenters. The van der Waals surface area contributed by atoms with Crippen molar-refractivity contribution in [2.75, 3.05) is 13.1 Å². The zero-order valence-electron chi connectivity index (χ0n) is 16.9. The predicted octanol–water partition coefficient (Wildman–Crippen LogP) is 4.51. The van der Waals surface area contributed by atoms with E-state index in [-0.39, 0.29) is 23.4 Å². The van der Waals surface area contributed by atoms with Gasteiger partial charge >= 0.3 is 5.69 Å². The fourth-order valence-electron chi connectivity index (χ4n) is 4.41. The van der Waals surface area contributed by atoms with Gasteiger partial charge in [0.15, 0.2) is 0 Å². The fourth-order valence-corrected chi connectivity index (χ4v) is 4.41. The molecule has 5 rings (SSSR count). The number of rotatable bonds is 4. The molecular weight excluding hydrogens is 398 g/mol. The summed E-state index contributed by atoms with van der Waals surface area (Å²) in [5.74, 6) is -0.615. The molecule has 1 fully saturated rings. The number of hydrogen-bond acceptors (Lipinski definition) is 3. The molecule has 0 radical (unpaired) electrons. The summed E-state index contributed by atoms with van der Waals surface area (Å²) in [5.41, 5.74) is 3.96. The zero-order valence-corrected chi connectivity index (χ0v) is 16.9. The van der Waals surface area contributed by atoms with Crippen LogP contribution >= 0.6 is 0 Å². The molecule has 2 aromatic heterocycles. The zero-order chi connectivity index (χ0) is 21.4. The highest BCUT2D eigenvalue weighted by Gasteiger charge is 2.23. The second-order valence-electron chi connectivity index (χ2n) is 8.03. The summed E-state index contributed by atoms with van der Waals surface area (Å²) in [6.07, 6.45) is 3.48. The Bertz CT molecular complexity index is 1270. The molecule has 0 bridgehead atoms. The molecule has 7 heteroatoms. The van der Waals surface area contributed by atoms with Crippen LogP contribution in [0, 0.1) is 11.6 Å². The second kappa shape index (κ2) is 8.07. The topological polar surface area (TPSA) is 53.9 Å². The third-order valence-electron chi connectivity index (χ3n) is 5.97. The molecule has 0 saturated carbocycles. The number of nitrogens with zero attached hydrogens (tertiary/aromatic N) is 3. The van der Waals surface area contributed by atoms with Crippen LogP contribution in [0.1, 0.15) is 24.4 Å². The van der Waals surface area contributed by atoms with Gasteiger partial charge in [-0.05, 0) is 73.0 Å². The lowest BCUT2D eigenvalue weighted by atomic mass is 10.0. The Hall–Kier alpha value is -3.32. The van der Waals surface area contributed by atoms with Crippen molar-refractivity contribution in [3.8, 4) is 11.3 Å². The molecule has 1 N–H and O–H groups in total. The average Bonchev–Trinajstić information content (AvgIpc) is 3.10. The summed E-state index contributed by atoms with van der Waals surface area (Å²) in [6, 6.07) is 14.9. The van der Waals surface area contributed by atoms with Gasteiger partial charge in [-0.3, -0.25) is 14.5 Å². The third-order valence-corrected chi connectivity index (χ3v) is 5.97. The maximum Gasteiger partial charge on any atom is 0.326 e. The van der Waals surface area contributed by atoms with Crippen molar-refractivity contribution in [3.63, 3.8) is 0 Å². The van der Waals surface area contributed by atoms with Crippen molar-refractivity contribution in [2.45, 2.75) is 25.4 Å². The molecule has 5 nitrogen and oxygen atoms in total. The van der Waals surface area contributed by atoms with E-state index in [1.807, 2.05) is 12.1 Å². The number of hydrogen-bond donors (Lipinski definition) is 1. The largest absolute Gasteiger partial charge is 0.326 e. The molecule has 1 aliphatic rings. The molecular formula is C24H22F2N4O. The Balaban J connectivity index is 1.28. The van der Waals surface area contributed by atoms with Crippen molar-refractivity contribution in [3.05, 3.63) is 88.5 Å². The van der Waals surface area contributed by atoms with Gasteiger partial charge in [0.2, 0.25) is 0 Å². The number of imidazole rings is 1. The number of benzene rings is 2. The van der Waals surface area contributed by atoms with Crippen LogP contribution in [0.5, 0.6) is 0 Å². The molecule has 158 valence electrons. The van der Waals surface area contributed by atoms with E-state index in [1.54, 1.807) is 29.0 Å². The lowest BCUT2D eigenvalue weighted by molar-refractivity contribution is 0.180. The lowest BCUT2D eigenvalue weighted by Gasteiger charge is -2.32. The van der Waals surface area contributed by atoms with Crippen LogP contribution in [0.2, 0.25) is 0 Å². The Morgan fingerprint density at radius 2 is 1.71 bits per heavy atom. The van der Waals surface area contributed by atoms with Crippen LogP contribution in [0.4, 0.5) is 8.78 Å². The lowest BCUT2D eigenvalue weighted by Crippen LogP contribution is -2.36. The number of H-pyrrole nitrogens is 1. The monoisotopic (exact) mass is 420 g/mol. The van der Waals surface area contributed by atoms with Crippen LogP contribution in [0.15, 0.2) is 65.6 Å². The maximum absolute atomic E-state index is 13.5. The fraction of sp³-hybridized carbons (Fsp3) is 0.250. The molecule has 3 heterocycles. The SMILES string of the molecule is O=c1[nH]c2cc(F)ccc2n1C1CCN(Cc2ccnc(-c3ccc(F)cc3)c2)CC1. The molecule has 0 atom stereocenters. The number of fused-ring (bicyclic) bond motifs is 1. The first-order valence-corrected chi connectivity index (χ1v) is 10.4. The standard InChI is InChI=1S/C24H22F2N4O/c25-18-3-1-17(2-4-18)21-13-16(7-10-27-21)15-29-11-8-20(9-12-29)30-23-6-5-19(26)14-22(23)28-24(30)31/h1-7,10,13-14,20H,8-9,11-12,15H2,(H,28,31). The molecule has 0 aliphatic carbocycles. The molecule has 0 amide bonds. The summed E-state index contributed by atoms with van der Waals surface area (Å²) in [5, 5.41) is 0. The highest BCUT2D eigenvalue weighted by molar-refractivity contribution is 5.75. The van der Waals surface area contributed by atoms with E-state index < -0.39 is 0 Å². The quantitative estimate of drug-likeness (QED) is 0.529. The maximum atomic E-state index is 13.5. The second-order valence-corrected chi connectivity index (χ2v) is 8.03. The predicted molar refractivity (Wildman–Crippen MR) is 116 cm³/mol. The minimum absolute atomic E-state index is 0.0928. The van der Waals surface area contributed by atoms with Gasteiger partial charge in [-0.2, -0.15) is 0 Å². The van der Waals surface area contributed by atoms with Gasteiger partial charge in [-0.15, -0.1) is 0 Å². The van der Waals surface area contributed by atoms with Gasteiger partial charge in [0, 0.05) is 37.4 Å². The summed E-state index contributed by atoms with van der Waals surface area (Å²) in [4.78, 5) is 22.0. The van der Waals surface area contributed by atoms with E-state index in [0.29, 0.717) is 5.52 Å². The Labute approximate surface area is 178 Å². The number of piperidine rings is 1. The van der Waals surface area contributed by atoms with Gasteiger partial charge in [0.05, 0.1) is 16.7 Å². The smallest absolute Gasteiger partial charge is 0.305 e. The summed E-state index contributed by atoms with van der Waals surface area (Å²) in [7, 11) is 0. The van der Waals surface area contributed by atoms with E-state index >= 15 is 0 Å². The van der Waals surface area contributed by atoms with Crippen LogP contribution in [0.3, 0.4) is 0 Å². The van der Waals surface area contributed by atoms with Crippen LogP contribution in [0.25, 0.3) is 22.3 Å². The number of aromatic nitrogens is 3. The number of nitrogens with one attached hydrogen (secondary N) is 1. The molecule has 2 aromatic carbocycles.